The van der Waals surface area contributed by atoms with Crippen LogP contribution in [-0.4, -0.2) is 81.3 Å². The van der Waals surface area contributed by atoms with Crippen LogP contribution in [0.1, 0.15) is 89.5 Å². The lowest BCUT2D eigenvalue weighted by atomic mass is 10.2. The number of ether oxygens (including phenoxy) is 1. The molecule has 0 aliphatic rings. The summed E-state index contributed by atoms with van der Waals surface area (Å²) in [6, 6.07) is 2.43. The molecular weight excluding hydrogens is 441 g/mol. The standard InChI is InChI=1S/C24H52N3O3PS/c1-18(2)25(19(3)4)14-13-24(28)32-16-15-29-17-30-31(26(20(5)6)21(7)8)27(22(9)10)23(11)12/h18-23H,13-17H2,1-12H3. The second-order valence-electron chi connectivity index (χ2n) is 9.94. The molecule has 6 nitrogen and oxygen atoms in total. The van der Waals surface area contributed by atoms with Gasteiger partial charge in [-0.05, 0) is 83.1 Å². The molecule has 0 spiro atoms. The van der Waals surface area contributed by atoms with E-state index in [1.807, 2.05) is 0 Å². The Morgan fingerprint density at radius 1 is 0.750 bits per heavy atom. The fraction of sp³-hybridized carbons (Fsp3) is 0.958. The average Bonchev–Trinajstić information content (AvgIpc) is 2.62. The van der Waals surface area contributed by atoms with Gasteiger partial charge in [0.25, 0.3) is 0 Å². The maximum atomic E-state index is 12.3. The van der Waals surface area contributed by atoms with Crippen LogP contribution in [0, 0.1) is 0 Å². The van der Waals surface area contributed by atoms with Gasteiger partial charge in [-0.1, -0.05) is 11.8 Å². The van der Waals surface area contributed by atoms with Gasteiger partial charge in [0.15, 0.2) is 20.4 Å². The zero-order valence-corrected chi connectivity index (χ0v) is 24.6. The van der Waals surface area contributed by atoms with Gasteiger partial charge in [0, 0.05) is 55.0 Å². The van der Waals surface area contributed by atoms with Gasteiger partial charge in [0.1, 0.15) is 0 Å². The van der Waals surface area contributed by atoms with Crippen LogP contribution in [0.2, 0.25) is 0 Å². The Balaban J connectivity index is 4.61. The lowest BCUT2D eigenvalue weighted by Gasteiger charge is -2.45. The summed E-state index contributed by atoms with van der Waals surface area (Å²) in [5, 5.41) is 0.236. The van der Waals surface area contributed by atoms with Gasteiger partial charge < -0.3 is 9.26 Å². The van der Waals surface area contributed by atoms with Crippen LogP contribution in [0.5, 0.6) is 0 Å². The summed E-state index contributed by atoms with van der Waals surface area (Å²) in [7, 11) is -0.942. The van der Waals surface area contributed by atoms with Crippen molar-refractivity contribution in [1.29, 1.82) is 0 Å². The molecule has 0 fully saturated rings. The van der Waals surface area contributed by atoms with Crippen molar-refractivity contribution < 1.29 is 14.1 Å². The summed E-state index contributed by atoms with van der Waals surface area (Å²) in [6.45, 7) is 28.1. The molecule has 192 valence electrons. The van der Waals surface area contributed by atoms with E-state index in [9.17, 15) is 4.79 Å². The quantitative estimate of drug-likeness (QED) is 0.136. The van der Waals surface area contributed by atoms with Crippen molar-refractivity contribution in [3.05, 3.63) is 0 Å². The average molecular weight is 494 g/mol. The third-order valence-corrected chi connectivity index (χ3v) is 9.03. The van der Waals surface area contributed by atoms with Crippen molar-refractivity contribution in [2.24, 2.45) is 0 Å². The summed E-state index contributed by atoms with van der Waals surface area (Å²) < 4.78 is 17.0. The monoisotopic (exact) mass is 493 g/mol. The minimum Gasteiger partial charge on any atom is -0.354 e. The first-order valence-electron chi connectivity index (χ1n) is 12.3. The van der Waals surface area contributed by atoms with Crippen molar-refractivity contribution in [3.8, 4) is 0 Å². The normalized spacial score (nSPS) is 13.2. The number of hydrogen-bond acceptors (Lipinski definition) is 7. The molecule has 0 heterocycles. The zero-order chi connectivity index (χ0) is 25.0. The van der Waals surface area contributed by atoms with Crippen LogP contribution in [-0.2, 0) is 14.1 Å². The molecule has 0 aromatic carbocycles. The molecule has 0 saturated carbocycles. The third-order valence-electron chi connectivity index (χ3n) is 5.15. The summed E-state index contributed by atoms with van der Waals surface area (Å²) in [6.07, 6.45) is 0.582. The molecule has 0 aliphatic heterocycles. The molecule has 0 unspecified atom stereocenters. The Bertz CT molecular complexity index is 461. The third kappa shape index (κ3) is 12.1. The van der Waals surface area contributed by atoms with Crippen molar-refractivity contribution in [3.63, 3.8) is 0 Å². The highest BCUT2D eigenvalue weighted by Crippen LogP contribution is 2.50. The van der Waals surface area contributed by atoms with E-state index in [4.69, 9.17) is 9.26 Å². The second-order valence-corrected chi connectivity index (χ2v) is 12.8. The molecule has 0 saturated heterocycles. The van der Waals surface area contributed by atoms with Gasteiger partial charge in [0.2, 0.25) is 0 Å². The SMILES string of the molecule is CC(C)N(CCC(=O)SCCOCOP(N(C(C)C)C(C)C)N(C(C)C)C(C)C)C(C)C. The minimum absolute atomic E-state index is 0.236. The molecule has 0 aromatic rings. The lowest BCUT2D eigenvalue weighted by molar-refractivity contribution is -0.111. The Hall–Kier alpha value is 0.250. The first-order valence-corrected chi connectivity index (χ1v) is 14.4. The number of nitrogens with zero attached hydrogens (tertiary/aromatic N) is 3. The van der Waals surface area contributed by atoms with Crippen molar-refractivity contribution in [1.82, 2.24) is 14.2 Å². The summed E-state index contributed by atoms with van der Waals surface area (Å²) in [5.41, 5.74) is 0. The highest BCUT2D eigenvalue weighted by atomic mass is 32.2. The number of carbonyl (C=O) groups is 1. The first kappa shape index (κ1) is 32.2. The molecule has 0 amide bonds. The molecule has 0 radical (unpaired) electrons. The van der Waals surface area contributed by atoms with E-state index in [0.717, 1.165) is 6.54 Å². The summed E-state index contributed by atoms with van der Waals surface area (Å²) in [5.74, 6) is 0.666. The van der Waals surface area contributed by atoms with E-state index in [0.29, 0.717) is 55.0 Å². The molecule has 0 N–H and O–H groups in total. The van der Waals surface area contributed by atoms with Crippen molar-refractivity contribution in [2.45, 2.75) is 126 Å². The summed E-state index contributed by atoms with van der Waals surface area (Å²) in [4.78, 5) is 14.6. The topological polar surface area (TPSA) is 45.3 Å². The largest absolute Gasteiger partial charge is 0.354 e. The smallest absolute Gasteiger partial charge is 0.191 e. The van der Waals surface area contributed by atoms with Crippen LogP contribution in [0.4, 0.5) is 0 Å². The van der Waals surface area contributed by atoms with Crippen molar-refractivity contribution >= 4 is 25.3 Å². The van der Waals surface area contributed by atoms with Crippen molar-refractivity contribution in [2.75, 3.05) is 25.7 Å². The van der Waals surface area contributed by atoms with Gasteiger partial charge in [-0.2, -0.15) is 0 Å². The number of rotatable bonds is 17. The second kappa shape index (κ2) is 16.8. The van der Waals surface area contributed by atoms with Gasteiger partial charge in [0.05, 0.1) is 6.61 Å². The van der Waals surface area contributed by atoms with E-state index < -0.39 is 8.45 Å². The first-order chi connectivity index (χ1) is 14.8. The fourth-order valence-electron chi connectivity index (χ4n) is 4.00. The van der Waals surface area contributed by atoms with Crippen LogP contribution in [0.15, 0.2) is 0 Å². The molecular formula is C24H52N3O3PS. The maximum Gasteiger partial charge on any atom is 0.191 e. The minimum atomic E-state index is -0.942. The zero-order valence-electron chi connectivity index (χ0n) is 22.9. The maximum absolute atomic E-state index is 12.3. The number of hydrogen-bond donors (Lipinski definition) is 0. The van der Waals surface area contributed by atoms with E-state index in [2.05, 4.69) is 97.3 Å². The molecule has 8 heteroatoms. The Kier molecular flexibility index (Phi) is 16.9. The van der Waals surface area contributed by atoms with E-state index in [1.165, 1.54) is 11.8 Å². The molecule has 32 heavy (non-hydrogen) atoms. The number of carbonyl (C=O) groups excluding carboxylic acids is 1. The molecule has 0 aromatic heterocycles. The van der Waals surface area contributed by atoms with E-state index in [1.54, 1.807) is 0 Å². The highest BCUT2D eigenvalue weighted by Gasteiger charge is 2.34. The highest BCUT2D eigenvalue weighted by molar-refractivity contribution is 8.13. The summed E-state index contributed by atoms with van der Waals surface area (Å²) >= 11 is 1.37. The molecule has 0 rings (SSSR count). The molecule has 0 aliphatic carbocycles. The predicted octanol–water partition coefficient (Wildman–Crippen LogP) is 6.21. The molecule has 0 atom stereocenters. The lowest BCUT2D eigenvalue weighted by Crippen LogP contribution is -2.43. The number of thioether (sulfide) groups is 1. The molecule has 0 bridgehead atoms. The van der Waals surface area contributed by atoms with Crippen LogP contribution in [0.3, 0.4) is 0 Å². The van der Waals surface area contributed by atoms with E-state index in [-0.39, 0.29) is 11.9 Å². The van der Waals surface area contributed by atoms with E-state index >= 15 is 0 Å². The predicted molar refractivity (Wildman–Crippen MR) is 142 cm³/mol. The Morgan fingerprint density at radius 3 is 1.56 bits per heavy atom. The van der Waals surface area contributed by atoms with Crippen LogP contribution < -0.4 is 0 Å². The van der Waals surface area contributed by atoms with Crippen LogP contribution >= 0.6 is 20.2 Å². The van der Waals surface area contributed by atoms with Gasteiger partial charge in [-0.3, -0.25) is 9.69 Å². The Labute approximate surface area is 205 Å². The fourth-order valence-corrected chi connectivity index (χ4v) is 6.92. The van der Waals surface area contributed by atoms with Crippen LogP contribution in [0.25, 0.3) is 0 Å². The van der Waals surface area contributed by atoms with Gasteiger partial charge in [-0.15, -0.1) is 0 Å². The van der Waals surface area contributed by atoms with Gasteiger partial charge in [-0.25, -0.2) is 9.34 Å². The van der Waals surface area contributed by atoms with Gasteiger partial charge >= 0.3 is 0 Å². The Morgan fingerprint density at radius 2 is 1.19 bits per heavy atom.